The molecule has 0 aliphatic carbocycles. The number of ketones is 1. The standard InChI is InChI=1S/C28H34F2N2O6Si/c1-5-37-19-6-7-20-18(15-19)8-9-32(28(36)31-10-11-38-24(16-31)27(34)35)25(20)23(33)14-17-12-21(29)26(22(30)13-17)39(2,3)4/h6-7,12-13,15,24-25H,5,8-11,14,16H2,1-4H3,(H,34,35)/t24?,25-/m1/s1. The number of Topliss-reactive ketones (excluding diaryl/α,β-unsaturated/α-hetero) is 1. The van der Waals surface area contributed by atoms with E-state index >= 15 is 0 Å². The Kier molecular flexibility index (Phi) is 8.41. The van der Waals surface area contributed by atoms with Gasteiger partial charge in [-0.15, -0.1) is 0 Å². The predicted molar refractivity (Wildman–Crippen MR) is 143 cm³/mol. The molecule has 2 heterocycles. The maximum absolute atomic E-state index is 14.9. The lowest BCUT2D eigenvalue weighted by Crippen LogP contribution is -2.55. The van der Waals surface area contributed by atoms with Crippen molar-refractivity contribution >= 4 is 31.0 Å². The summed E-state index contributed by atoms with van der Waals surface area (Å²) in [5, 5.41) is 9.45. The second-order valence-corrected chi connectivity index (χ2v) is 15.9. The quantitative estimate of drug-likeness (QED) is 0.521. The van der Waals surface area contributed by atoms with E-state index in [1.807, 2.05) is 32.6 Å². The number of morpholine rings is 1. The first-order chi connectivity index (χ1) is 18.4. The number of rotatable bonds is 7. The highest BCUT2D eigenvalue weighted by atomic mass is 28.3. The molecule has 0 saturated carbocycles. The van der Waals surface area contributed by atoms with Crippen LogP contribution in [-0.4, -0.2) is 79.7 Å². The normalized spacial score (nSPS) is 19.4. The van der Waals surface area contributed by atoms with E-state index in [1.54, 1.807) is 12.1 Å². The Morgan fingerprint density at radius 1 is 1.10 bits per heavy atom. The van der Waals surface area contributed by atoms with Gasteiger partial charge in [-0.25, -0.2) is 18.4 Å². The Hall–Kier alpha value is -3.31. The Morgan fingerprint density at radius 2 is 1.79 bits per heavy atom. The molecule has 1 fully saturated rings. The molecule has 2 aliphatic rings. The highest BCUT2D eigenvalue weighted by Crippen LogP contribution is 2.35. The summed E-state index contributed by atoms with van der Waals surface area (Å²) in [7, 11) is -2.29. The first-order valence-electron chi connectivity index (χ1n) is 13.1. The van der Waals surface area contributed by atoms with Gasteiger partial charge in [0.25, 0.3) is 0 Å². The Labute approximate surface area is 227 Å². The van der Waals surface area contributed by atoms with Crippen molar-refractivity contribution in [3.8, 4) is 5.75 Å². The number of ether oxygens (including phenoxy) is 2. The Bertz CT molecular complexity index is 1260. The molecule has 0 spiro atoms. The van der Waals surface area contributed by atoms with Gasteiger partial charge < -0.3 is 24.4 Å². The van der Waals surface area contributed by atoms with Gasteiger partial charge in [-0.05, 0) is 54.3 Å². The lowest BCUT2D eigenvalue weighted by atomic mass is 9.88. The molecule has 11 heteroatoms. The molecular weight excluding hydrogens is 526 g/mol. The van der Waals surface area contributed by atoms with Gasteiger partial charge in [0.2, 0.25) is 0 Å². The van der Waals surface area contributed by atoms with Crippen molar-refractivity contribution in [1.29, 1.82) is 0 Å². The van der Waals surface area contributed by atoms with E-state index in [4.69, 9.17) is 9.47 Å². The van der Waals surface area contributed by atoms with E-state index in [1.165, 1.54) is 21.9 Å². The molecule has 4 rings (SSSR count). The number of halogens is 2. The van der Waals surface area contributed by atoms with Gasteiger partial charge in [0.15, 0.2) is 11.9 Å². The molecular formula is C28H34F2N2O6Si. The van der Waals surface area contributed by atoms with Gasteiger partial charge in [0, 0.05) is 24.7 Å². The van der Waals surface area contributed by atoms with Crippen molar-refractivity contribution in [2.75, 3.05) is 32.8 Å². The number of hydrogen-bond donors (Lipinski definition) is 1. The van der Waals surface area contributed by atoms with Crippen LogP contribution in [0.4, 0.5) is 13.6 Å². The lowest BCUT2D eigenvalue weighted by Gasteiger charge is -2.41. The average Bonchev–Trinajstić information content (AvgIpc) is 2.86. The van der Waals surface area contributed by atoms with Crippen molar-refractivity contribution < 1.29 is 37.7 Å². The minimum absolute atomic E-state index is 0.0610. The van der Waals surface area contributed by atoms with Gasteiger partial charge >= 0.3 is 12.0 Å². The molecule has 2 atom stereocenters. The molecule has 210 valence electrons. The van der Waals surface area contributed by atoms with Crippen molar-refractivity contribution in [2.45, 2.75) is 51.6 Å². The Morgan fingerprint density at radius 3 is 2.41 bits per heavy atom. The van der Waals surface area contributed by atoms with E-state index in [0.717, 1.165) is 5.56 Å². The van der Waals surface area contributed by atoms with E-state index in [-0.39, 0.29) is 43.4 Å². The van der Waals surface area contributed by atoms with Gasteiger partial charge in [0.05, 0.1) is 27.8 Å². The van der Waals surface area contributed by atoms with Crippen LogP contribution in [0.15, 0.2) is 30.3 Å². The largest absolute Gasteiger partial charge is 0.494 e. The smallest absolute Gasteiger partial charge is 0.334 e. The number of carboxylic acids is 1. The van der Waals surface area contributed by atoms with Crippen molar-refractivity contribution in [3.05, 3.63) is 58.7 Å². The summed E-state index contributed by atoms with van der Waals surface area (Å²) in [5.41, 5.74) is 1.66. The van der Waals surface area contributed by atoms with Crippen molar-refractivity contribution in [2.24, 2.45) is 0 Å². The number of carbonyl (C=O) groups excluding carboxylic acids is 2. The SMILES string of the molecule is CCOc1ccc2c(c1)CCN(C(=O)N1CCOC(C(=O)O)C1)[C@H]2C(=O)Cc1cc(F)c([Si](C)(C)C)c(F)c1. The first-order valence-corrected chi connectivity index (χ1v) is 16.6. The van der Waals surface area contributed by atoms with Crippen LogP contribution in [0, 0.1) is 11.6 Å². The van der Waals surface area contributed by atoms with Gasteiger partial charge in [-0.2, -0.15) is 0 Å². The van der Waals surface area contributed by atoms with Gasteiger partial charge in [-0.1, -0.05) is 25.7 Å². The zero-order valence-corrected chi connectivity index (χ0v) is 23.6. The number of benzene rings is 2. The van der Waals surface area contributed by atoms with Crippen LogP contribution in [0.2, 0.25) is 19.6 Å². The van der Waals surface area contributed by atoms with Gasteiger partial charge in [0.1, 0.15) is 23.4 Å². The predicted octanol–water partition coefficient (Wildman–Crippen LogP) is 3.53. The maximum atomic E-state index is 14.9. The summed E-state index contributed by atoms with van der Waals surface area (Å²) in [6, 6.07) is 6.26. The summed E-state index contributed by atoms with van der Waals surface area (Å²) in [5.74, 6) is -2.24. The summed E-state index contributed by atoms with van der Waals surface area (Å²) in [6.07, 6.45) is -0.965. The van der Waals surface area contributed by atoms with E-state index in [0.29, 0.717) is 24.3 Å². The number of aliphatic carboxylic acids is 1. The number of nitrogens with zero attached hydrogens (tertiary/aromatic N) is 2. The van der Waals surface area contributed by atoms with Crippen LogP contribution in [0.25, 0.3) is 0 Å². The number of urea groups is 1. The number of hydrogen-bond acceptors (Lipinski definition) is 5. The van der Waals surface area contributed by atoms with Crippen molar-refractivity contribution in [3.63, 3.8) is 0 Å². The fraction of sp³-hybridized carbons (Fsp3) is 0.464. The summed E-state index contributed by atoms with van der Waals surface area (Å²) in [6.45, 7) is 8.19. The second kappa shape index (κ2) is 11.4. The van der Waals surface area contributed by atoms with E-state index < -0.39 is 49.6 Å². The molecule has 0 bridgehead atoms. The highest BCUT2D eigenvalue weighted by molar-refractivity contribution is 6.88. The third-order valence-corrected chi connectivity index (χ3v) is 9.02. The monoisotopic (exact) mass is 560 g/mol. The molecule has 1 N–H and O–H groups in total. The van der Waals surface area contributed by atoms with Crippen LogP contribution in [-0.2, 0) is 27.2 Å². The highest BCUT2D eigenvalue weighted by Gasteiger charge is 2.40. The number of carboxylic acid groups (broad SMARTS) is 1. The Balaban J connectivity index is 1.67. The van der Waals surface area contributed by atoms with Crippen LogP contribution in [0.3, 0.4) is 0 Å². The summed E-state index contributed by atoms with van der Waals surface area (Å²) >= 11 is 0. The molecule has 8 nitrogen and oxygen atoms in total. The third kappa shape index (κ3) is 6.14. The molecule has 1 unspecified atom stereocenters. The molecule has 0 aromatic heterocycles. The maximum Gasteiger partial charge on any atom is 0.334 e. The fourth-order valence-electron chi connectivity index (χ4n) is 5.31. The molecule has 2 aliphatic heterocycles. The zero-order valence-electron chi connectivity index (χ0n) is 22.6. The zero-order chi connectivity index (χ0) is 28.5. The van der Waals surface area contributed by atoms with Crippen LogP contribution < -0.4 is 9.92 Å². The minimum atomic E-state index is -2.29. The van der Waals surface area contributed by atoms with E-state index in [2.05, 4.69) is 0 Å². The van der Waals surface area contributed by atoms with Gasteiger partial charge in [-0.3, -0.25) is 4.79 Å². The number of fused-ring (bicyclic) bond motifs is 1. The average molecular weight is 561 g/mol. The minimum Gasteiger partial charge on any atom is -0.494 e. The molecule has 1 saturated heterocycles. The second-order valence-electron chi connectivity index (χ2n) is 10.9. The van der Waals surface area contributed by atoms with Crippen LogP contribution in [0.5, 0.6) is 5.75 Å². The summed E-state index contributed by atoms with van der Waals surface area (Å²) in [4.78, 5) is 41.7. The molecule has 2 amide bonds. The first kappa shape index (κ1) is 28.7. The molecule has 0 radical (unpaired) electrons. The van der Waals surface area contributed by atoms with E-state index in [9.17, 15) is 28.3 Å². The molecule has 2 aromatic rings. The lowest BCUT2D eigenvalue weighted by molar-refractivity contribution is -0.155. The fourth-order valence-corrected chi connectivity index (χ4v) is 6.89. The number of carbonyl (C=O) groups is 3. The topological polar surface area (TPSA) is 96.4 Å². The summed E-state index contributed by atoms with van der Waals surface area (Å²) < 4.78 is 40.7. The molecule has 2 aromatic carbocycles. The van der Waals surface area contributed by atoms with Crippen molar-refractivity contribution in [1.82, 2.24) is 9.80 Å². The van der Waals surface area contributed by atoms with Crippen LogP contribution in [0.1, 0.15) is 29.7 Å². The number of amides is 2. The molecule has 39 heavy (non-hydrogen) atoms. The van der Waals surface area contributed by atoms with Crippen LogP contribution >= 0.6 is 0 Å². The third-order valence-electron chi connectivity index (χ3n) is 7.05.